The fourth-order valence-electron chi connectivity index (χ4n) is 2.78. The summed E-state index contributed by atoms with van der Waals surface area (Å²) in [6.07, 6.45) is 0. The summed E-state index contributed by atoms with van der Waals surface area (Å²) in [4.78, 5) is 12.2. The molecule has 0 bridgehead atoms. The standard InChI is InChI=1S/C21H21N3O2S/c1-14-10-15(2)12-16(11-14)22-20(25)13-27-21-9-8-18(23-24-21)17-6-4-5-7-19(17)26-3/h4-12H,13H2,1-3H3,(H,22,25). The van der Waals surface area contributed by atoms with Crippen LogP contribution in [0.4, 0.5) is 5.69 Å². The number of thioether (sulfide) groups is 1. The molecule has 0 saturated carbocycles. The fourth-order valence-corrected chi connectivity index (χ4v) is 3.39. The predicted molar refractivity (Wildman–Crippen MR) is 109 cm³/mol. The number of anilines is 1. The maximum absolute atomic E-state index is 12.2. The van der Waals surface area contributed by atoms with Gasteiger partial charge in [-0.2, -0.15) is 0 Å². The third-order valence-electron chi connectivity index (χ3n) is 3.88. The van der Waals surface area contributed by atoms with Crippen LogP contribution >= 0.6 is 11.8 Å². The number of nitrogens with one attached hydrogen (secondary N) is 1. The zero-order valence-corrected chi connectivity index (χ0v) is 16.3. The van der Waals surface area contributed by atoms with Gasteiger partial charge in [0.1, 0.15) is 10.8 Å². The lowest BCUT2D eigenvalue weighted by Crippen LogP contribution is -2.14. The van der Waals surface area contributed by atoms with Crippen LogP contribution in [0.25, 0.3) is 11.3 Å². The van der Waals surface area contributed by atoms with Gasteiger partial charge in [-0.15, -0.1) is 10.2 Å². The minimum absolute atomic E-state index is 0.0689. The van der Waals surface area contributed by atoms with Crippen LogP contribution in [-0.4, -0.2) is 29.0 Å². The summed E-state index contributed by atoms with van der Waals surface area (Å²) in [6.45, 7) is 4.02. The molecule has 0 aliphatic rings. The summed E-state index contributed by atoms with van der Waals surface area (Å²) in [7, 11) is 1.63. The summed E-state index contributed by atoms with van der Waals surface area (Å²) in [5, 5.41) is 12.1. The van der Waals surface area contributed by atoms with E-state index in [0.29, 0.717) is 5.03 Å². The normalized spacial score (nSPS) is 10.5. The van der Waals surface area contributed by atoms with Crippen molar-refractivity contribution in [3.8, 4) is 17.0 Å². The topological polar surface area (TPSA) is 64.1 Å². The van der Waals surface area contributed by atoms with Crippen LogP contribution in [0.3, 0.4) is 0 Å². The van der Waals surface area contributed by atoms with Gasteiger partial charge >= 0.3 is 0 Å². The van der Waals surface area contributed by atoms with Gasteiger partial charge in [-0.1, -0.05) is 30.0 Å². The highest BCUT2D eigenvalue weighted by molar-refractivity contribution is 7.99. The van der Waals surface area contributed by atoms with Crippen molar-refractivity contribution in [2.75, 3.05) is 18.2 Å². The van der Waals surface area contributed by atoms with Gasteiger partial charge in [0.2, 0.25) is 5.91 Å². The number of carbonyl (C=O) groups excluding carboxylic acids is 1. The van der Waals surface area contributed by atoms with Crippen LogP contribution < -0.4 is 10.1 Å². The molecule has 0 aliphatic heterocycles. The molecule has 1 aromatic heterocycles. The number of hydrogen-bond acceptors (Lipinski definition) is 5. The second kappa shape index (κ2) is 8.68. The number of carbonyl (C=O) groups is 1. The van der Waals surface area contributed by atoms with E-state index in [1.165, 1.54) is 11.8 Å². The molecule has 0 saturated heterocycles. The van der Waals surface area contributed by atoms with E-state index in [1.54, 1.807) is 7.11 Å². The summed E-state index contributed by atoms with van der Waals surface area (Å²) in [6, 6.07) is 17.4. The van der Waals surface area contributed by atoms with E-state index in [1.807, 2.05) is 62.4 Å². The number of amides is 1. The molecular formula is C21H21N3O2S. The Morgan fingerprint density at radius 3 is 2.44 bits per heavy atom. The zero-order chi connectivity index (χ0) is 19.2. The third-order valence-corrected chi connectivity index (χ3v) is 4.80. The lowest BCUT2D eigenvalue weighted by Gasteiger charge is -2.08. The Hall–Kier alpha value is -2.86. The third kappa shape index (κ3) is 5.08. The molecule has 0 spiro atoms. The molecule has 5 nitrogen and oxygen atoms in total. The lowest BCUT2D eigenvalue weighted by atomic mass is 10.1. The van der Waals surface area contributed by atoms with Crippen LogP contribution in [-0.2, 0) is 4.79 Å². The predicted octanol–water partition coefficient (Wildman–Crippen LogP) is 4.50. The van der Waals surface area contributed by atoms with Crippen molar-refractivity contribution in [3.05, 3.63) is 65.7 Å². The Labute approximate surface area is 163 Å². The van der Waals surface area contributed by atoms with Crippen molar-refractivity contribution in [1.82, 2.24) is 10.2 Å². The second-order valence-corrected chi connectivity index (χ2v) is 7.17. The minimum Gasteiger partial charge on any atom is -0.496 e. The quantitative estimate of drug-likeness (QED) is 0.639. The van der Waals surface area contributed by atoms with Crippen LogP contribution in [0, 0.1) is 13.8 Å². The number of para-hydroxylation sites is 1. The van der Waals surface area contributed by atoms with E-state index in [4.69, 9.17) is 4.74 Å². The average Bonchev–Trinajstić information content (AvgIpc) is 2.66. The molecular weight excluding hydrogens is 358 g/mol. The highest BCUT2D eigenvalue weighted by atomic mass is 32.2. The van der Waals surface area contributed by atoms with Gasteiger partial charge in [0.25, 0.3) is 0 Å². The minimum atomic E-state index is -0.0689. The van der Waals surface area contributed by atoms with E-state index in [0.717, 1.165) is 33.8 Å². The first-order valence-electron chi connectivity index (χ1n) is 8.53. The van der Waals surface area contributed by atoms with Gasteiger partial charge in [-0.05, 0) is 61.4 Å². The molecule has 6 heteroatoms. The Kier molecular flexibility index (Phi) is 6.08. The van der Waals surface area contributed by atoms with Gasteiger partial charge < -0.3 is 10.1 Å². The average molecular weight is 379 g/mol. The van der Waals surface area contributed by atoms with E-state index in [-0.39, 0.29) is 11.7 Å². The number of rotatable bonds is 6. The second-order valence-electron chi connectivity index (χ2n) is 6.17. The summed E-state index contributed by atoms with van der Waals surface area (Å²) >= 11 is 1.35. The van der Waals surface area contributed by atoms with Crippen molar-refractivity contribution in [1.29, 1.82) is 0 Å². The van der Waals surface area contributed by atoms with Gasteiger partial charge in [0.15, 0.2) is 0 Å². The molecule has 0 atom stereocenters. The number of methoxy groups -OCH3 is 1. The molecule has 0 radical (unpaired) electrons. The maximum Gasteiger partial charge on any atom is 0.234 e. The first-order valence-corrected chi connectivity index (χ1v) is 9.52. The molecule has 0 fully saturated rings. The van der Waals surface area contributed by atoms with Gasteiger partial charge in [-0.25, -0.2) is 0 Å². The van der Waals surface area contributed by atoms with Crippen molar-refractivity contribution in [3.63, 3.8) is 0 Å². The highest BCUT2D eigenvalue weighted by Crippen LogP contribution is 2.28. The highest BCUT2D eigenvalue weighted by Gasteiger charge is 2.09. The Morgan fingerprint density at radius 2 is 1.78 bits per heavy atom. The van der Waals surface area contributed by atoms with Gasteiger partial charge in [0, 0.05) is 11.3 Å². The van der Waals surface area contributed by atoms with Crippen molar-refractivity contribution >= 4 is 23.4 Å². The Bertz CT molecular complexity index is 922. The molecule has 0 aliphatic carbocycles. The van der Waals surface area contributed by atoms with Gasteiger partial charge in [-0.3, -0.25) is 4.79 Å². The Morgan fingerprint density at radius 1 is 1.04 bits per heavy atom. The molecule has 1 N–H and O–H groups in total. The number of aryl methyl sites for hydroxylation is 2. The summed E-state index contributed by atoms with van der Waals surface area (Å²) < 4.78 is 5.36. The van der Waals surface area contributed by atoms with Crippen molar-refractivity contribution in [2.24, 2.45) is 0 Å². The molecule has 0 unspecified atom stereocenters. The van der Waals surface area contributed by atoms with Crippen molar-refractivity contribution in [2.45, 2.75) is 18.9 Å². The molecule has 2 aromatic carbocycles. The largest absolute Gasteiger partial charge is 0.496 e. The fraction of sp³-hybridized carbons (Fsp3) is 0.190. The number of aromatic nitrogens is 2. The number of benzene rings is 2. The van der Waals surface area contributed by atoms with E-state index >= 15 is 0 Å². The van der Waals surface area contributed by atoms with Crippen LogP contribution in [0.15, 0.2) is 59.6 Å². The first-order chi connectivity index (χ1) is 13.0. The number of hydrogen-bond donors (Lipinski definition) is 1. The molecule has 138 valence electrons. The van der Waals surface area contributed by atoms with E-state index < -0.39 is 0 Å². The molecule has 3 rings (SSSR count). The van der Waals surface area contributed by atoms with Crippen LogP contribution in [0.1, 0.15) is 11.1 Å². The zero-order valence-electron chi connectivity index (χ0n) is 15.5. The monoisotopic (exact) mass is 379 g/mol. The van der Waals surface area contributed by atoms with E-state index in [9.17, 15) is 4.79 Å². The van der Waals surface area contributed by atoms with Crippen LogP contribution in [0.5, 0.6) is 5.75 Å². The molecule has 1 amide bonds. The molecule has 27 heavy (non-hydrogen) atoms. The molecule has 1 heterocycles. The number of nitrogens with zero attached hydrogens (tertiary/aromatic N) is 2. The van der Waals surface area contributed by atoms with Crippen LogP contribution in [0.2, 0.25) is 0 Å². The summed E-state index contributed by atoms with van der Waals surface area (Å²) in [5.74, 6) is 0.955. The maximum atomic E-state index is 12.2. The van der Waals surface area contributed by atoms with E-state index in [2.05, 4.69) is 21.6 Å². The summed E-state index contributed by atoms with van der Waals surface area (Å²) in [5.41, 5.74) is 4.68. The Balaban J connectivity index is 1.61. The number of ether oxygens (including phenoxy) is 1. The van der Waals surface area contributed by atoms with Gasteiger partial charge in [0.05, 0.1) is 18.6 Å². The SMILES string of the molecule is COc1ccccc1-c1ccc(SCC(=O)Nc2cc(C)cc(C)c2)nn1. The smallest absolute Gasteiger partial charge is 0.234 e. The molecule has 3 aromatic rings. The lowest BCUT2D eigenvalue weighted by molar-refractivity contribution is -0.113. The first kappa shape index (κ1) is 18.9. The van der Waals surface area contributed by atoms with Crippen molar-refractivity contribution < 1.29 is 9.53 Å².